The second-order valence-electron chi connectivity index (χ2n) is 5.08. The van der Waals surface area contributed by atoms with Crippen LogP contribution < -0.4 is 5.32 Å². The van der Waals surface area contributed by atoms with E-state index in [1.165, 1.54) is 20.2 Å². The molecule has 0 aromatic heterocycles. The highest BCUT2D eigenvalue weighted by molar-refractivity contribution is 5.68. The van der Waals surface area contributed by atoms with Gasteiger partial charge in [0.25, 0.3) is 0 Å². The Labute approximate surface area is 115 Å². The van der Waals surface area contributed by atoms with Crippen molar-refractivity contribution < 1.29 is 13.9 Å². The molecule has 0 saturated carbocycles. The van der Waals surface area contributed by atoms with Crippen LogP contribution in [0.1, 0.15) is 34.6 Å². The second kappa shape index (κ2) is 7.26. The van der Waals surface area contributed by atoms with Crippen molar-refractivity contribution in [2.45, 2.75) is 46.3 Å². The Balaban J connectivity index is 5.26. The highest BCUT2D eigenvalue weighted by atomic mass is 19.1. The molecule has 0 aromatic carbocycles. The monoisotopic (exact) mass is 272 g/mol. The summed E-state index contributed by atoms with van der Waals surface area (Å²) < 4.78 is 18.6. The van der Waals surface area contributed by atoms with E-state index in [0.717, 1.165) is 0 Å². The van der Waals surface area contributed by atoms with Crippen molar-refractivity contribution in [1.29, 1.82) is 0 Å². The topological polar surface area (TPSA) is 50.7 Å². The van der Waals surface area contributed by atoms with Gasteiger partial charge in [0.15, 0.2) is 0 Å². The Morgan fingerprint density at radius 1 is 1.47 bits per heavy atom. The lowest BCUT2D eigenvalue weighted by Crippen LogP contribution is -2.52. The summed E-state index contributed by atoms with van der Waals surface area (Å²) >= 11 is 0. The van der Waals surface area contributed by atoms with Gasteiger partial charge in [-0.2, -0.15) is 0 Å². The number of esters is 1. The van der Waals surface area contributed by atoms with Crippen LogP contribution in [0.5, 0.6) is 0 Å². The molecule has 0 spiro atoms. The molecule has 0 fully saturated rings. The molecule has 1 N–H and O–H groups in total. The van der Waals surface area contributed by atoms with Crippen LogP contribution in [0.2, 0.25) is 0 Å². The number of hydrogen-bond donors (Lipinski definition) is 1. The predicted octanol–water partition coefficient (Wildman–Crippen LogP) is 2.70. The molecule has 19 heavy (non-hydrogen) atoms. The standard InChI is InChI=1S/C14H25FN2O2/c1-9(11(3)15)10(2)14(6,17-8-16-7)12(4)19-13(5)18/h8-11H,4H2,1-3,5-7H3,(H,16,17)/t9-,10+,11?,14+/m1/s1. The molecule has 0 radical (unpaired) electrons. The Hall–Kier alpha value is -1.39. The third-order valence-electron chi connectivity index (χ3n) is 3.76. The molecule has 0 aliphatic heterocycles. The third-order valence-corrected chi connectivity index (χ3v) is 3.76. The zero-order valence-electron chi connectivity index (χ0n) is 12.7. The van der Waals surface area contributed by atoms with E-state index in [1.807, 2.05) is 20.8 Å². The van der Waals surface area contributed by atoms with Gasteiger partial charge in [0.1, 0.15) is 11.9 Å². The first kappa shape index (κ1) is 17.6. The molecule has 0 bridgehead atoms. The fourth-order valence-corrected chi connectivity index (χ4v) is 1.87. The fourth-order valence-electron chi connectivity index (χ4n) is 1.87. The van der Waals surface area contributed by atoms with Gasteiger partial charge < -0.3 is 10.1 Å². The maximum Gasteiger partial charge on any atom is 0.307 e. The number of aliphatic imine (C=N–C) groups is 1. The first-order chi connectivity index (χ1) is 8.66. The molecule has 0 saturated heterocycles. The minimum Gasteiger partial charge on any atom is -0.429 e. The summed E-state index contributed by atoms with van der Waals surface area (Å²) in [6, 6.07) is 0. The number of rotatable bonds is 7. The van der Waals surface area contributed by atoms with E-state index in [1.54, 1.807) is 7.05 Å². The zero-order valence-corrected chi connectivity index (χ0v) is 12.7. The molecule has 0 rings (SSSR count). The molecule has 4 atom stereocenters. The van der Waals surface area contributed by atoms with Gasteiger partial charge in [-0.15, -0.1) is 0 Å². The van der Waals surface area contributed by atoms with Crippen LogP contribution in [0.3, 0.4) is 0 Å². The first-order valence-corrected chi connectivity index (χ1v) is 6.37. The van der Waals surface area contributed by atoms with Gasteiger partial charge in [-0.25, -0.2) is 4.39 Å². The number of carbonyl (C=O) groups is 1. The summed E-state index contributed by atoms with van der Waals surface area (Å²) in [4.78, 5) is 14.9. The minimum atomic E-state index is -0.972. The SMILES string of the molecule is C=C(OC(C)=O)[C@@](C)(N/C=N\C)[C@@H](C)[C@@H](C)C(C)F. The fraction of sp³-hybridized carbons (Fsp3) is 0.714. The van der Waals surface area contributed by atoms with E-state index in [-0.39, 0.29) is 17.6 Å². The zero-order chi connectivity index (χ0) is 15.2. The first-order valence-electron chi connectivity index (χ1n) is 6.37. The molecule has 0 heterocycles. The number of alkyl halides is 1. The van der Waals surface area contributed by atoms with Crippen molar-refractivity contribution in [3.05, 3.63) is 12.3 Å². The van der Waals surface area contributed by atoms with Crippen LogP contribution in [0, 0.1) is 11.8 Å². The van der Waals surface area contributed by atoms with Crippen LogP contribution >= 0.6 is 0 Å². The predicted molar refractivity (Wildman–Crippen MR) is 75.8 cm³/mol. The van der Waals surface area contributed by atoms with Crippen molar-refractivity contribution >= 4 is 12.3 Å². The van der Waals surface area contributed by atoms with Crippen LogP contribution in [-0.4, -0.2) is 31.1 Å². The van der Waals surface area contributed by atoms with Crippen molar-refractivity contribution in [2.24, 2.45) is 16.8 Å². The molecule has 4 nitrogen and oxygen atoms in total. The maximum absolute atomic E-state index is 13.5. The summed E-state index contributed by atoms with van der Waals surface area (Å²) in [6.07, 6.45) is 0.528. The van der Waals surface area contributed by atoms with Crippen LogP contribution in [0.4, 0.5) is 4.39 Å². The van der Waals surface area contributed by atoms with Gasteiger partial charge in [0, 0.05) is 14.0 Å². The summed E-state index contributed by atoms with van der Waals surface area (Å²) in [5.74, 6) is -0.549. The highest BCUT2D eigenvalue weighted by Crippen LogP contribution is 2.33. The van der Waals surface area contributed by atoms with Crippen molar-refractivity contribution in [3.63, 3.8) is 0 Å². The van der Waals surface area contributed by atoms with E-state index in [0.29, 0.717) is 0 Å². The van der Waals surface area contributed by atoms with Gasteiger partial charge in [-0.3, -0.25) is 9.79 Å². The molecule has 5 heteroatoms. The van der Waals surface area contributed by atoms with E-state index < -0.39 is 17.7 Å². The highest BCUT2D eigenvalue weighted by Gasteiger charge is 2.40. The Bertz CT molecular complexity index is 355. The normalized spacial score (nSPS) is 19.3. The van der Waals surface area contributed by atoms with E-state index in [9.17, 15) is 9.18 Å². The van der Waals surface area contributed by atoms with Gasteiger partial charge in [-0.1, -0.05) is 20.4 Å². The van der Waals surface area contributed by atoms with Crippen LogP contribution in [-0.2, 0) is 9.53 Å². The van der Waals surface area contributed by atoms with E-state index in [2.05, 4.69) is 16.9 Å². The minimum absolute atomic E-state index is 0.141. The number of nitrogens with one attached hydrogen (secondary N) is 1. The Morgan fingerprint density at radius 2 is 2.00 bits per heavy atom. The molecule has 1 unspecified atom stereocenters. The van der Waals surface area contributed by atoms with Gasteiger partial charge >= 0.3 is 5.97 Å². The Kier molecular flexibility index (Phi) is 6.73. The van der Waals surface area contributed by atoms with Crippen LogP contribution in [0.25, 0.3) is 0 Å². The van der Waals surface area contributed by atoms with E-state index >= 15 is 0 Å². The molecule has 110 valence electrons. The summed E-state index contributed by atoms with van der Waals surface area (Å²) in [5, 5.41) is 3.05. The molecule has 0 aliphatic rings. The lowest BCUT2D eigenvalue weighted by atomic mass is 9.76. The molecular formula is C14H25FN2O2. The van der Waals surface area contributed by atoms with Crippen LogP contribution in [0.15, 0.2) is 17.3 Å². The number of hydrogen-bond acceptors (Lipinski definition) is 3. The average Bonchev–Trinajstić information content (AvgIpc) is 2.32. The second-order valence-corrected chi connectivity index (χ2v) is 5.08. The third kappa shape index (κ3) is 4.65. The number of halogens is 1. The summed E-state index contributed by atoms with van der Waals surface area (Å²) in [7, 11) is 1.62. The molecular weight excluding hydrogens is 247 g/mol. The van der Waals surface area contributed by atoms with Gasteiger partial charge in [0.05, 0.1) is 11.9 Å². The smallest absolute Gasteiger partial charge is 0.307 e. The van der Waals surface area contributed by atoms with E-state index in [4.69, 9.17) is 4.74 Å². The summed E-state index contributed by atoms with van der Waals surface area (Å²) in [5.41, 5.74) is -0.773. The average molecular weight is 272 g/mol. The number of ether oxygens (including phenoxy) is 1. The number of nitrogens with zero attached hydrogens (tertiary/aromatic N) is 1. The lowest BCUT2D eigenvalue weighted by molar-refractivity contribution is -0.138. The van der Waals surface area contributed by atoms with Gasteiger partial charge in [0.2, 0.25) is 0 Å². The number of carbonyl (C=O) groups excluding carboxylic acids is 1. The van der Waals surface area contributed by atoms with Crippen molar-refractivity contribution in [2.75, 3.05) is 7.05 Å². The van der Waals surface area contributed by atoms with Crippen molar-refractivity contribution in [3.8, 4) is 0 Å². The largest absolute Gasteiger partial charge is 0.429 e. The quantitative estimate of drug-likeness (QED) is 0.335. The molecule has 0 aliphatic carbocycles. The maximum atomic E-state index is 13.5. The van der Waals surface area contributed by atoms with Crippen molar-refractivity contribution in [1.82, 2.24) is 5.32 Å². The molecule has 0 amide bonds. The van der Waals surface area contributed by atoms with Gasteiger partial charge in [-0.05, 0) is 25.7 Å². The Morgan fingerprint density at radius 3 is 2.37 bits per heavy atom. The summed E-state index contributed by atoms with van der Waals surface area (Å²) in [6.45, 7) is 12.2. The lowest BCUT2D eigenvalue weighted by Gasteiger charge is -2.40. The molecule has 0 aromatic rings.